The van der Waals surface area contributed by atoms with Crippen molar-refractivity contribution in [2.24, 2.45) is 0 Å². The number of thiazole rings is 1. The molecular formula is C24H24N4O3S6. The summed E-state index contributed by atoms with van der Waals surface area (Å²) in [5, 5.41) is 4.32. The standard InChI is InChI=1S/C24H24N4O3S6/c1-3-27-20(29)12(34-22(27)32)10-14-25-18-16(36-14)17-19(31-24(18)8-6-5-7-9-24)26-15(37-17)11-13-21(30)28(4-2)23(33)35-13/h10-11,14,25H,3-9H2,1-2H3/b12-10-,13-11-. The molecule has 7 nitrogen and oxygen atoms in total. The largest absolute Gasteiger partial charge is 0.463 e. The lowest BCUT2D eigenvalue weighted by atomic mass is 9.81. The van der Waals surface area contributed by atoms with Crippen LogP contribution in [0.1, 0.15) is 55.8 Å². The van der Waals surface area contributed by atoms with Crippen molar-refractivity contribution in [2.75, 3.05) is 13.1 Å². The maximum Gasteiger partial charge on any atom is 0.266 e. The number of hydrogen-bond acceptors (Lipinski definition) is 11. The van der Waals surface area contributed by atoms with Crippen LogP contribution in [0, 0.1) is 0 Å². The SMILES string of the molecule is CCN1C(=O)/C(=C/c2nc3c(s2)C2=C(NC(/C=C4\SC(=S)N(CC)C4=O)S2)C2(CCCCC2)O3)SC1=S. The predicted molar refractivity (Wildman–Crippen MR) is 161 cm³/mol. The summed E-state index contributed by atoms with van der Waals surface area (Å²) in [5.41, 5.74) is 0.666. The minimum Gasteiger partial charge on any atom is -0.463 e. The molecule has 4 aliphatic heterocycles. The van der Waals surface area contributed by atoms with Crippen LogP contribution in [0.3, 0.4) is 0 Å². The van der Waals surface area contributed by atoms with Crippen molar-refractivity contribution in [1.82, 2.24) is 20.1 Å². The molecule has 1 aliphatic carbocycles. The third-order valence-corrected chi connectivity index (χ3v) is 12.0. The summed E-state index contributed by atoms with van der Waals surface area (Å²) in [7, 11) is 0. The second kappa shape index (κ2) is 9.98. The number of aromatic nitrogens is 1. The smallest absolute Gasteiger partial charge is 0.266 e. The number of rotatable bonds is 4. The second-order valence-corrected chi connectivity index (χ2v) is 14.6. The van der Waals surface area contributed by atoms with E-state index in [9.17, 15) is 9.59 Å². The van der Waals surface area contributed by atoms with Crippen LogP contribution < -0.4 is 10.1 Å². The fourth-order valence-corrected chi connectivity index (χ4v) is 10.4. The highest BCUT2D eigenvalue weighted by molar-refractivity contribution is 8.27. The van der Waals surface area contributed by atoms with Gasteiger partial charge in [0.2, 0.25) is 5.88 Å². The van der Waals surface area contributed by atoms with Crippen LogP contribution in [0.5, 0.6) is 5.88 Å². The number of carbonyl (C=O) groups excluding carboxylic acids is 2. The zero-order valence-corrected chi connectivity index (χ0v) is 25.1. The molecule has 37 heavy (non-hydrogen) atoms. The fourth-order valence-electron chi connectivity index (χ4n) is 5.12. The maximum absolute atomic E-state index is 12.8. The van der Waals surface area contributed by atoms with Gasteiger partial charge in [0.15, 0.2) is 5.60 Å². The molecule has 194 valence electrons. The number of amides is 2. The van der Waals surface area contributed by atoms with Gasteiger partial charge in [0.25, 0.3) is 11.8 Å². The Bertz CT molecular complexity index is 1330. The first-order valence-electron chi connectivity index (χ1n) is 12.2. The molecule has 5 aliphatic rings. The van der Waals surface area contributed by atoms with Gasteiger partial charge in [-0.2, -0.15) is 0 Å². The third kappa shape index (κ3) is 4.39. The molecule has 3 fully saturated rings. The van der Waals surface area contributed by atoms with Gasteiger partial charge in [0, 0.05) is 13.1 Å². The van der Waals surface area contributed by atoms with Gasteiger partial charge in [-0.3, -0.25) is 19.4 Å². The van der Waals surface area contributed by atoms with Crippen molar-refractivity contribution in [2.45, 2.75) is 56.9 Å². The van der Waals surface area contributed by atoms with Crippen LogP contribution in [0.2, 0.25) is 0 Å². The van der Waals surface area contributed by atoms with E-state index < -0.39 is 5.60 Å². The molecule has 1 N–H and O–H groups in total. The summed E-state index contributed by atoms with van der Waals surface area (Å²) in [6.45, 7) is 4.98. The van der Waals surface area contributed by atoms with Crippen molar-refractivity contribution < 1.29 is 14.3 Å². The lowest BCUT2D eigenvalue weighted by Gasteiger charge is -2.40. The highest BCUT2D eigenvalue weighted by atomic mass is 32.2. The highest BCUT2D eigenvalue weighted by Gasteiger charge is 2.49. The van der Waals surface area contributed by atoms with Crippen molar-refractivity contribution in [3.05, 3.63) is 31.5 Å². The minimum absolute atomic E-state index is 0.0291. The Labute approximate surface area is 242 Å². The zero-order chi connectivity index (χ0) is 25.9. The number of nitrogens with one attached hydrogen (secondary N) is 1. The molecule has 0 bridgehead atoms. The second-order valence-electron chi connectivity index (χ2n) is 9.10. The molecule has 1 unspecified atom stereocenters. The van der Waals surface area contributed by atoms with E-state index in [1.54, 1.807) is 21.6 Å². The topological polar surface area (TPSA) is 74.8 Å². The number of hydrogen-bond donors (Lipinski definition) is 1. The Morgan fingerprint density at radius 2 is 1.70 bits per heavy atom. The number of thiocarbonyl (C=S) groups is 2. The lowest BCUT2D eigenvalue weighted by molar-refractivity contribution is -0.122. The number of thioether (sulfide) groups is 3. The quantitative estimate of drug-likeness (QED) is 0.347. The Balaban J connectivity index is 1.33. The van der Waals surface area contributed by atoms with Crippen LogP contribution in [0.4, 0.5) is 0 Å². The molecule has 2 saturated heterocycles. The molecule has 6 rings (SSSR count). The van der Waals surface area contributed by atoms with E-state index in [1.807, 2.05) is 26.0 Å². The molecule has 1 spiro atoms. The van der Waals surface area contributed by atoms with Gasteiger partial charge in [-0.1, -0.05) is 66.1 Å². The first-order chi connectivity index (χ1) is 17.8. The molecule has 13 heteroatoms. The van der Waals surface area contributed by atoms with Crippen LogP contribution in [0.15, 0.2) is 21.6 Å². The first kappa shape index (κ1) is 25.9. The van der Waals surface area contributed by atoms with Crippen molar-refractivity contribution in [3.63, 3.8) is 0 Å². The third-order valence-electron chi connectivity index (χ3n) is 6.92. The molecule has 1 atom stereocenters. The van der Waals surface area contributed by atoms with Crippen LogP contribution in [0.25, 0.3) is 11.0 Å². The number of ether oxygens (including phenoxy) is 1. The Kier molecular flexibility index (Phi) is 6.98. The van der Waals surface area contributed by atoms with E-state index in [0.29, 0.717) is 37.4 Å². The molecule has 0 aromatic carbocycles. The normalized spacial score (nSPS) is 27.0. The Morgan fingerprint density at radius 1 is 1.05 bits per heavy atom. The van der Waals surface area contributed by atoms with Crippen LogP contribution in [-0.2, 0) is 9.59 Å². The lowest BCUT2D eigenvalue weighted by Crippen LogP contribution is -2.46. The van der Waals surface area contributed by atoms with E-state index >= 15 is 0 Å². The van der Waals surface area contributed by atoms with Gasteiger partial charge >= 0.3 is 0 Å². The molecule has 1 saturated carbocycles. The molecule has 1 aromatic rings. The molecular weight excluding hydrogens is 585 g/mol. The molecule has 2 amide bonds. The number of likely N-dealkylation sites (N-methyl/N-ethyl adjacent to an activating group) is 2. The Morgan fingerprint density at radius 3 is 2.35 bits per heavy atom. The van der Waals surface area contributed by atoms with E-state index in [4.69, 9.17) is 34.2 Å². The first-order valence-corrected chi connectivity index (χ1v) is 16.4. The minimum atomic E-state index is -0.435. The summed E-state index contributed by atoms with van der Waals surface area (Å²) in [5.74, 6) is 0.533. The Hall–Kier alpha value is -1.38. The molecule has 5 heterocycles. The van der Waals surface area contributed by atoms with Crippen molar-refractivity contribution >= 4 is 102 Å². The van der Waals surface area contributed by atoms with Gasteiger partial charge in [-0.25, -0.2) is 4.98 Å². The van der Waals surface area contributed by atoms with Crippen molar-refractivity contribution in [3.8, 4) is 5.88 Å². The number of nitrogens with zero attached hydrogens (tertiary/aromatic N) is 3. The van der Waals surface area contributed by atoms with Crippen molar-refractivity contribution in [1.29, 1.82) is 0 Å². The van der Waals surface area contributed by atoms with Gasteiger partial charge in [-0.15, -0.1) is 11.3 Å². The summed E-state index contributed by atoms with van der Waals surface area (Å²) in [6, 6.07) is 0. The fraction of sp³-hybridized carbons (Fsp3) is 0.458. The summed E-state index contributed by atoms with van der Waals surface area (Å²) in [6.07, 6.45) is 9.04. The van der Waals surface area contributed by atoms with Gasteiger partial charge in [0.05, 0.1) is 25.8 Å². The van der Waals surface area contributed by atoms with Gasteiger partial charge in [0.1, 0.15) is 18.5 Å². The summed E-state index contributed by atoms with van der Waals surface area (Å²) >= 11 is 16.7. The summed E-state index contributed by atoms with van der Waals surface area (Å²) in [4.78, 5) is 37.0. The maximum atomic E-state index is 12.8. The number of carbonyl (C=O) groups is 2. The van der Waals surface area contributed by atoms with Gasteiger partial charge < -0.3 is 10.1 Å². The molecule has 1 aromatic heterocycles. The van der Waals surface area contributed by atoms with Crippen LogP contribution >= 0.6 is 71.1 Å². The molecule has 0 radical (unpaired) electrons. The van der Waals surface area contributed by atoms with Gasteiger partial charge in [-0.05, 0) is 51.7 Å². The van der Waals surface area contributed by atoms with E-state index in [0.717, 1.165) is 46.2 Å². The predicted octanol–water partition coefficient (Wildman–Crippen LogP) is 5.55. The average molecular weight is 609 g/mol. The monoisotopic (exact) mass is 608 g/mol. The number of fused-ring (bicyclic) bond motifs is 3. The average Bonchev–Trinajstić information content (AvgIpc) is 3.60. The zero-order valence-electron chi connectivity index (χ0n) is 20.2. The van der Waals surface area contributed by atoms with E-state index in [-0.39, 0.29) is 17.2 Å². The van der Waals surface area contributed by atoms with E-state index in [1.165, 1.54) is 41.3 Å². The summed E-state index contributed by atoms with van der Waals surface area (Å²) < 4.78 is 7.87. The van der Waals surface area contributed by atoms with Crippen LogP contribution in [-0.4, -0.2) is 59.3 Å². The highest BCUT2D eigenvalue weighted by Crippen LogP contribution is 2.56. The van der Waals surface area contributed by atoms with E-state index in [2.05, 4.69) is 5.32 Å².